The van der Waals surface area contributed by atoms with Crippen molar-refractivity contribution in [1.82, 2.24) is 9.97 Å². The highest BCUT2D eigenvalue weighted by molar-refractivity contribution is 9.10. The summed E-state index contributed by atoms with van der Waals surface area (Å²) in [6, 6.07) is 6.20. The van der Waals surface area contributed by atoms with Crippen molar-refractivity contribution in [2.24, 2.45) is 0 Å². The zero-order chi connectivity index (χ0) is 13.3. The van der Waals surface area contributed by atoms with E-state index in [0.29, 0.717) is 5.82 Å². The summed E-state index contributed by atoms with van der Waals surface area (Å²) in [6.45, 7) is 5.58. The standard InChI is InChI=1S/C13H12BrN3S/c1-8-4-10(11-5-9(14)6-18-11)17-12(16-8)13(2,3)7-15/h4-6H,1-3H3. The highest BCUT2D eigenvalue weighted by Crippen LogP contribution is 2.30. The van der Waals surface area contributed by atoms with Crippen molar-refractivity contribution in [1.29, 1.82) is 5.26 Å². The van der Waals surface area contributed by atoms with Crippen LogP contribution in [0, 0.1) is 18.3 Å². The number of halogens is 1. The molecule has 0 bridgehead atoms. The van der Waals surface area contributed by atoms with Crippen LogP contribution in [0.2, 0.25) is 0 Å². The quantitative estimate of drug-likeness (QED) is 0.837. The molecule has 0 aliphatic heterocycles. The van der Waals surface area contributed by atoms with Gasteiger partial charge >= 0.3 is 0 Å². The van der Waals surface area contributed by atoms with Gasteiger partial charge in [-0.3, -0.25) is 0 Å². The zero-order valence-corrected chi connectivity index (χ0v) is 12.8. The minimum absolute atomic E-state index is 0.574. The number of hydrogen-bond acceptors (Lipinski definition) is 4. The molecule has 0 aliphatic carbocycles. The number of nitriles is 1. The summed E-state index contributed by atoms with van der Waals surface area (Å²) < 4.78 is 1.04. The van der Waals surface area contributed by atoms with Crippen molar-refractivity contribution in [3.8, 4) is 16.6 Å². The van der Waals surface area contributed by atoms with Crippen molar-refractivity contribution in [3.05, 3.63) is 33.5 Å². The van der Waals surface area contributed by atoms with Crippen molar-refractivity contribution < 1.29 is 0 Å². The van der Waals surface area contributed by atoms with E-state index in [1.807, 2.05) is 38.3 Å². The Kier molecular flexibility index (Phi) is 3.51. The molecule has 0 radical (unpaired) electrons. The molecule has 0 saturated heterocycles. The summed E-state index contributed by atoms with van der Waals surface area (Å²) in [6.07, 6.45) is 0. The lowest BCUT2D eigenvalue weighted by atomic mass is 9.94. The van der Waals surface area contributed by atoms with Crippen molar-refractivity contribution in [2.75, 3.05) is 0 Å². The maximum absolute atomic E-state index is 9.17. The molecule has 0 fully saturated rings. The third-order valence-electron chi connectivity index (χ3n) is 2.51. The lowest BCUT2D eigenvalue weighted by Gasteiger charge is -2.14. The van der Waals surface area contributed by atoms with E-state index in [0.717, 1.165) is 20.7 Å². The van der Waals surface area contributed by atoms with Gasteiger partial charge in [0.25, 0.3) is 0 Å². The smallest absolute Gasteiger partial charge is 0.148 e. The Balaban J connectivity index is 2.55. The fourth-order valence-corrected chi connectivity index (χ4v) is 2.86. The summed E-state index contributed by atoms with van der Waals surface area (Å²) in [5, 5.41) is 11.2. The lowest BCUT2D eigenvalue weighted by Crippen LogP contribution is -2.19. The zero-order valence-electron chi connectivity index (χ0n) is 10.4. The van der Waals surface area contributed by atoms with Crippen LogP contribution in [0.25, 0.3) is 10.6 Å². The van der Waals surface area contributed by atoms with Crippen LogP contribution in [0.1, 0.15) is 25.4 Å². The highest BCUT2D eigenvalue weighted by Gasteiger charge is 2.24. The van der Waals surface area contributed by atoms with Crippen molar-refractivity contribution in [3.63, 3.8) is 0 Å². The third-order valence-corrected chi connectivity index (χ3v) is 4.23. The second-order valence-corrected chi connectivity index (χ2v) is 6.41. The Bertz CT molecular complexity index is 625. The topological polar surface area (TPSA) is 49.6 Å². The van der Waals surface area contributed by atoms with Crippen LogP contribution in [0.15, 0.2) is 22.0 Å². The Morgan fingerprint density at radius 2 is 2.06 bits per heavy atom. The molecule has 0 amide bonds. The van der Waals surface area contributed by atoms with Gasteiger partial charge in [0.05, 0.1) is 16.6 Å². The Morgan fingerprint density at radius 1 is 1.33 bits per heavy atom. The summed E-state index contributed by atoms with van der Waals surface area (Å²) in [5.74, 6) is 0.574. The van der Waals surface area contributed by atoms with Crippen LogP contribution >= 0.6 is 27.3 Å². The normalized spacial score (nSPS) is 11.3. The van der Waals surface area contributed by atoms with Crippen molar-refractivity contribution in [2.45, 2.75) is 26.2 Å². The molecular weight excluding hydrogens is 310 g/mol. The fraction of sp³-hybridized carbons (Fsp3) is 0.308. The van der Waals surface area contributed by atoms with E-state index in [-0.39, 0.29) is 0 Å². The van der Waals surface area contributed by atoms with Crippen LogP contribution in [0.4, 0.5) is 0 Å². The van der Waals surface area contributed by atoms with Gasteiger partial charge in [0.2, 0.25) is 0 Å². The van der Waals surface area contributed by atoms with Gasteiger partial charge in [0.1, 0.15) is 11.2 Å². The predicted molar refractivity (Wildman–Crippen MR) is 76.4 cm³/mol. The lowest BCUT2D eigenvalue weighted by molar-refractivity contribution is 0.626. The van der Waals surface area contributed by atoms with E-state index in [1.54, 1.807) is 11.3 Å². The number of aromatic nitrogens is 2. The first-order chi connectivity index (χ1) is 8.42. The van der Waals surface area contributed by atoms with Gasteiger partial charge in [-0.2, -0.15) is 5.26 Å². The van der Waals surface area contributed by atoms with Gasteiger partial charge in [-0.25, -0.2) is 9.97 Å². The summed E-state index contributed by atoms with van der Waals surface area (Å²) >= 11 is 5.05. The molecule has 0 aliphatic rings. The first-order valence-electron chi connectivity index (χ1n) is 5.44. The summed E-state index contributed by atoms with van der Waals surface area (Å²) in [5.41, 5.74) is 1.08. The molecule has 5 heteroatoms. The molecule has 92 valence electrons. The predicted octanol–water partition coefficient (Wildman–Crippen LogP) is 4.08. The molecule has 2 heterocycles. The first kappa shape index (κ1) is 13.2. The number of nitrogens with zero attached hydrogens (tertiary/aromatic N) is 3. The van der Waals surface area contributed by atoms with E-state index in [1.165, 1.54) is 0 Å². The van der Waals surface area contributed by atoms with Crippen LogP contribution in [0.5, 0.6) is 0 Å². The summed E-state index contributed by atoms with van der Waals surface area (Å²) in [7, 11) is 0. The monoisotopic (exact) mass is 321 g/mol. The SMILES string of the molecule is Cc1cc(-c2cc(Br)cs2)nc(C(C)(C)C#N)n1. The molecule has 0 N–H and O–H groups in total. The molecule has 2 rings (SSSR count). The highest BCUT2D eigenvalue weighted by atomic mass is 79.9. The van der Waals surface area contributed by atoms with Gasteiger partial charge < -0.3 is 0 Å². The van der Waals surface area contributed by atoms with E-state index in [4.69, 9.17) is 5.26 Å². The van der Waals surface area contributed by atoms with Crippen molar-refractivity contribution >= 4 is 27.3 Å². The molecule has 0 aromatic carbocycles. The van der Waals surface area contributed by atoms with Gasteiger partial charge in [0.15, 0.2) is 0 Å². The number of rotatable bonds is 2. The average Bonchev–Trinajstić information content (AvgIpc) is 2.75. The minimum atomic E-state index is -0.671. The molecule has 0 atom stereocenters. The van der Waals surface area contributed by atoms with Crippen LogP contribution in [-0.4, -0.2) is 9.97 Å². The van der Waals surface area contributed by atoms with Gasteiger partial charge in [0, 0.05) is 15.5 Å². The number of hydrogen-bond donors (Lipinski definition) is 0. The van der Waals surface area contributed by atoms with Crippen LogP contribution in [0.3, 0.4) is 0 Å². The minimum Gasteiger partial charge on any atom is -0.236 e. The molecule has 0 spiro atoms. The van der Waals surface area contributed by atoms with E-state index < -0.39 is 5.41 Å². The van der Waals surface area contributed by atoms with E-state index >= 15 is 0 Å². The largest absolute Gasteiger partial charge is 0.236 e. The van der Waals surface area contributed by atoms with Gasteiger partial charge in [-0.05, 0) is 48.8 Å². The molecule has 18 heavy (non-hydrogen) atoms. The third kappa shape index (κ3) is 2.60. The maximum atomic E-state index is 9.17. The first-order valence-corrected chi connectivity index (χ1v) is 7.11. The van der Waals surface area contributed by atoms with E-state index in [9.17, 15) is 0 Å². The Hall–Kier alpha value is -1.25. The second-order valence-electron chi connectivity index (χ2n) is 4.58. The number of thiophene rings is 1. The Labute approximate surface area is 119 Å². The maximum Gasteiger partial charge on any atom is 0.148 e. The van der Waals surface area contributed by atoms with E-state index in [2.05, 4.69) is 32.0 Å². The molecular formula is C13H12BrN3S. The Morgan fingerprint density at radius 3 is 2.61 bits per heavy atom. The molecule has 2 aromatic rings. The van der Waals surface area contributed by atoms with Gasteiger partial charge in [-0.1, -0.05) is 0 Å². The molecule has 3 nitrogen and oxygen atoms in total. The molecule has 0 saturated carbocycles. The fourth-order valence-electron chi connectivity index (χ4n) is 1.47. The molecule has 2 aromatic heterocycles. The average molecular weight is 322 g/mol. The van der Waals surface area contributed by atoms with Crippen LogP contribution < -0.4 is 0 Å². The van der Waals surface area contributed by atoms with Crippen LogP contribution in [-0.2, 0) is 5.41 Å². The number of aryl methyl sites for hydroxylation is 1. The summed E-state index contributed by atoms with van der Waals surface area (Å²) in [4.78, 5) is 9.96. The second kappa shape index (κ2) is 4.79. The molecule has 0 unspecified atom stereocenters. The van der Waals surface area contributed by atoms with Gasteiger partial charge in [-0.15, -0.1) is 11.3 Å².